The summed E-state index contributed by atoms with van der Waals surface area (Å²) in [5, 5.41) is 4.62. The van der Waals surface area contributed by atoms with Crippen LogP contribution in [-0.2, 0) is 0 Å². The summed E-state index contributed by atoms with van der Waals surface area (Å²) in [6, 6.07) is 0. The van der Waals surface area contributed by atoms with E-state index >= 15 is 0 Å². The maximum Gasteiger partial charge on any atom is 0.156 e. The molecule has 0 radical (unpaired) electrons. The van der Waals surface area contributed by atoms with E-state index < -0.39 is 0 Å². The fraction of sp³-hybridized carbons (Fsp3) is 0.917. The highest BCUT2D eigenvalue weighted by Gasteiger charge is 2.23. The second kappa shape index (κ2) is 5.24. The smallest absolute Gasteiger partial charge is 0.156 e. The molecule has 15 heavy (non-hydrogen) atoms. The van der Waals surface area contributed by atoms with Gasteiger partial charge < -0.3 is 5.32 Å². The van der Waals surface area contributed by atoms with Crippen LogP contribution in [0.1, 0.15) is 34.6 Å². The largest absolute Gasteiger partial charge is 0.364 e. The van der Waals surface area contributed by atoms with Gasteiger partial charge in [-0.3, -0.25) is 4.99 Å². The van der Waals surface area contributed by atoms with Gasteiger partial charge in [-0.1, -0.05) is 46.4 Å². The van der Waals surface area contributed by atoms with Crippen LogP contribution >= 0.6 is 11.8 Å². The van der Waals surface area contributed by atoms with Gasteiger partial charge in [-0.25, -0.2) is 0 Å². The molecule has 2 nitrogen and oxygen atoms in total. The van der Waals surface area contributed by atoms with Gasteiger partial charge in [0.15, 0.2) is 5.17 Å². The highest BCUT2D eigenvalue weighted by Crippen LogP contribution is 2.25. The van der Waals surface area contributed by atoms with Crippen molar-refractivity contribution in [2.45, 2.75) is 34.6 Å². The highest BCUT2D eigenvalue weighted by atomic mass is 32.2. The van der Waals surface area contributed by atoms with Crippen molar-refractivity contribution in [2.75, 3.05) is 18.8 Å². The summed E-state index contributed by atoms with van der Waals surface area (Å²) in [4.78, 5) is 4.54. The number of nitrogens with one attached hydrogen (secondary N) is 1. The highest BCUT2D eigenvalue weighted by molar-refractivity contribution is 8.13. The molecule has 3 heteroatoms. The normalized spacial score (nSPS) is 22.8. The topological polar surface area (TPSA) is 24.4 Å². The van der Waals surface area contributed by atoms with E-state index in [9.17, 15) is 0 Å². The van der Waals surface area contributed by atoms with Crippen molar-refractivity contribution in [3.05, 3.63) is 0 Å². The standard InChI is InChI=1S/C12H24N2S/c1-9(2)12(4,5)8-14-11-13-6-10(3)7-15-11/h9-10H,6-8H2,1-5H3,(H,13,14). The van der Waals surface area contributed by atoms with Gasteiger partial charge in [0, 0.05) is 18.8 Å². The molecule has 1 atom stereocenters. The summed E-state index contributed by atoms with van der Waals surface area (Å²) < 4.78 is 0. The number of aliphatic imine (C=N–C) groups is 1. The first-order chi connectivity index (χ1) is 6.92. The zero-order chi connectivity index (χ0) is 11.5. The molecule has 0 saturated carbocycles. The summed E-state index contributed by atoms with van der Waals surface area (Å²) in [6.07, 6.45) is 0. The molecule has 0 aromatic carbocycles. The fourth-order valence-corrected chi connectivity index (χ4v) is 2.06. The number of hydrogen-bond donors (Lipinski definition) is 1. The predicted octanol–water partition coefficient (Wildman–Crippen LogP) is 3.00. The van der Waals surface area contributed by atoms with Gasteiger partial charge in [0.2, 0.25) is 0 Å². The Kier molecular flexibility index (Phi) is 4.50. The number of nitrogens with zero attached hydrogens (tertiary/aromatic N) is 1. The molecule has 1 aliphatic heterocycles. The molecule has 0 aromatic rings. The van der Waals surface area contributed by atoms with E-state index in [0.717, 1.165) is 24.2 Å². The number of hydrogen-bond acceptors (Lipinski definition) is 3. The maximum atomic E-state index is 4.54. The summed E-state index contributed by atoms with van der Waals surface area (Å²) in [6.45, 7) is 13.4. The summed E-state index contributed by atoms with van der Waals surface area (Å²) in [5.74, 6) is 2.63. The van der Waals surface area contributed by atoms with E-state index in [2.05, 4.69) is 44.9 Å². The van der Waals surface area contributed by atoms with E-state index in [-0.39, 0.29) is 0 Å². The first-order valence-electron chi connectivity index (χ1n) is 5.83. The van der Waals surface area contributed by atoms with Crippen LogP contribution in [0.15, 0.2) is 4.99 Å². The third-order valence-corrected chi connectivity index (χ3v) is 4.59. The first-order valence-corrected chi connectivity index (χ1v) is 6.81. The lowest BCUT2D eigenvalue weighted by molar-refractivity contribution is 0.251. The minimum absolute atomic E-state index is 0.339. The molecular weight excluding hydrogens is 204 g/mol. The second-order valence-electron chi connectivity index (χ2n) is 5.56. The van der Waals surface area contributed by atoms with Crippen LogP contribution in [0.2, 0.25) is 0 Å². The maximum absolute atomic E-state index is 4.54. The summed E-state index contributed by atoms with van der Waals surface area (Å²) >= 11 is 1.86. The van der Waals surface area contributed by atoms with Crippen LogP contribution in [0, 0.1) is 17.3 Å². The predicted molar refractivity (Wildman–Crippen MR) is 70.5 cm³/mol. The lowest BCUT2D eigenvalue weighted by Crippen LogP contribution is -2.37. The van der Waals surface area contributed by atoms with Crippen LogP contribution in [0.3, 0.4) is 0 Å². The van der Waals surface area contributed by atoms with E-state index in [1.54, 1.807) is 0 Å². The van der Waals surface area contributed by atoms with E-state index in [1.165, 1.54) is 5.75 Å². The van der Waals surface area contributed by atoms with Crippen LogP contribution in [0.5, 0.6) is 0 Å². The SMILES string of the molecule is CC1CN=C(NCC(C)(C)C(C)C)SC1. The first kappa shape index (κ1) is 12.9. The van der Waals surface area contributed by atoms with Gasteiger partial charge in [-0.15, -0.1) is 0 Å². The van der Waals surface area contributed by atoms with Crippen molar-refractivity contribution in [3.8, 4) is 0 Å². The molecule has 0 aromatic heterocycles. The minimum Gasteiger partial charge on any atom is -0.364 e. The molecule has 0 amide bonds. The molecule has 0 bridgehead atoms. The molecule has 88 valence electrons. The monoisotopic (exact) mass is 228 g/mol. The number of amidine groups is 1. The number of rotatable bonds is 3. The van der Waals surface area contributed by atoms with E-state index in [4.69, 9.17) is 0 Å². The average molecular weight is 228 g/mol. The Morgan fingerprint density at radius 2 is 2.20 bits per heavy atom. The quantitative estimate of drug-likeness (QED) is 0.803. The minimum atomic E-state index is 0.339. The molecule has 0 aliphatic carbocycles. The summed E-state index contributed by atoms with van der Waals surface area (Å²) in [5.41, 5.74) is 0.339. The lowest BCUT2D eigenvalue weighted by Gasteiger charge is -2.30. The van der Waals surface area contributed by atoms with Crippen molar-refractivity contribution in [1.82, 2.24) is 5.32 Å². The Morgan fingerprint density at radius 1 is 1.53 bits per heavy atom. The Balaban J connectivity index is 2.37. The molecule has 0 spiro atoms. The zero-order valence-corrected chi connectivity index (χ0v) is 11.4. The summed E-state index contributed by atoms with van der Waals surface area (Å²) in [7, 11) is 0. The van der Waals surface area contributed by atoms with Crippen molar-refractivity contribution < 1.29 is 0 Å². The molecule has 1 heterocycles. The van der Waals surface area contributed by atoms with Crippen LogP contribution in [0.25, 0.3) is 0 Å². The molecule has 1 N–H and O–H groups in total. The molecule has 1 rings (SSSR count). The Hall–Kier alpha value is -0.180. The van der Waals surface area contributed by atoms with Crippen molar-refractivity contribution in [1.29, 1.82) is 0 Å². The van der Waals surface area contributed by atoms with Gasteiger partial charge in [-0.05, 0) is 17.3 Å². The van der Waals surface area contributed by atoms with Crippen molar-refractivity contribution >= 4 is 16.9 Å². The Bertz CT molecular complexity index is 234. The average Bonchev–Trinajstić information content (AvgIpc) is 2.17. The Morgan fingerprint density at radius 3 is 2.67 bits per heavy atom. The molecule has 0 fully saturated rings. The lowest BCUT2D eigenvalue weighted by atomic mass is 9.81. The van der Waals surface area contributed by atoms with Crippen molar-refractivity contribution in [2.24, 2.45) is 22.2 Å². The Labute approximate surface area is 98.3 Å². The van der Waals surface area contributed by atoms with Crippen LogP contribution in [0.4, 0.5) is 0 Å². The zero-order valence-electron chi connectivity index (χ0n) is 10.6. The third-order valence-electron chi connectivity index (χ3n) is 3.31. The fourth-order valence-electron chi connectivity index (χ4n) is 1.17. The molecule has 1 aliphatic rings. The van der Waals surface area contributed by atoms with Gasteiger partial charge in [0.1, 0.15) is 0 Å². The molecule has 1 unspecified atom stereocenters. The van der Waals surface area contributed by atoms with Gasteiger partial charge in [0.25, 0.3) is 0 Å². The van der Waals surface area contributed by atoms with Crippen LogP contribution < -0.4 is 5.32 Å². The molecular formula is C12H24N2S. The van der Waals surface area contributed by atoms with E-state index in [0.29, 0.717) is 11.3 Å². The van der Waals surface area contributed by atoms with Gasteiger partial charge in [0.05, 0.1) is 0 Å². The second-order valence-corrected chi connectivity index (χ2v) is 6.57. The van der Waals surface area contributed by atoms with Crippen LogP contribution in [-0.4, -0.2) is 24.0 Å². The number of thioether (sulfide) groups is 1. The van der Waals surface area contributed by atoms with Crippen molar-refractivity contribution in [3.63, 3.8) is 0 Å². The van der Waals surface area contributed by atoms with Gasteiger partial charge in [-0.2, -0.15) is 0 Å². The van der Waals surface area contributed by atoms with Gasteiger partial charge >= 0.3 is 0 Å². The van der Waals surface area contributed by atoms with E-state index in [1.807, 2.05) is 11.8 Å². The molecule has 0 saturated heterocycles. The third kappa shape index (κ3) is 4.06.